The van der Waals surface area contributed by atoms with E-state index in [0.717, 1.165) is 13.2 Å². The number of hydrogen-bond donors (Lipinski definition) is 2. The van der Waals surface area contributed by atoms with E-state index < -0.39 is 23.2 Å². The van der Waals surface area contributed by atoms with Crippen molar-refractivity contribution in [2.75, 3.05) is 25.6 Å². The predicted molar refractivity (Wildman–Crippen MR) is 57.9 cm³/mol. The minimum absolute atomic E-state index is 0.0443. The van der Waals surface area contributed by atoms with E-state index in [9.17, 15) is 13.6 Å². The molecule has 0 bridgehead atoms. The molecule has 4 nitrogen and oxygen atoms in total. The second kappa shape index (κ2) is 6.15. The molecule has 0 unspecified atom stereocenters. The summed E-state index contributed by atoms with van der Waals surface area (Å²) < 4.78 is 31.2. The van der Waals surface area contributed by atoms with Gasteiger partial charge in [0, 0.05) is 13.2 Å². The Morgan fingerprint density at radius 2 is 2.12 bits per heavy atom. The van der Waals surface area contributed by atoms with Crippen LogP contribution in [0.15, 0.2) is 12.1 Å². The lowest BCUT2D eigenvalue weighted by Gasteiger charge is -2.09. The van der Waals surface area contributed by atoms with Gasteiger partial charge < -0.3 is 15.2 Å². The number of hydrogen-bond acceptors (Lipinski definition) is 4. The molecular weight excluding hydrogens is 232 g/mol. The Balaban J connectivity index is 2.90. The minimum Gasteiger partial charge on any atom is -0.465 e. The van der Waals surface area contributed by atoms with Gasteiger partial charge in [0.2, 0.25) is 0 Å². The van der Waals surface area contributed by atoms with Gasteiger partial charge in [0.25, 0.3) is 0 Å². The standard InChI is InChI=1S/C11H13F2NO3/c1-17-11(16)7-3-4-8(10(13)9(7)12)14-5-2-6-15/h3-4,14-15H,2,5-6H2,1H3. The molecule has 0 aliphatic rings. The fourth-order valence-corrected chi connectivity index (χ4v) is 1.26. The first-order valence-corrected chi connectivity index (χ1v) is 5.02. The van der Waals surface area contributed by atoms with Gasteiger partial charge in [0.15, 0.2) is 11.6 Å². The number of aliphatic hydroxyl groups is 1. The van der Waals surface area contributed by atoms with Crippen LogP contribution in [-0.4, -0.2) is 31.3 Å². The van der Waals surface area contributed by atoms with E-state index in [2.05, 4.69) is 10.1 Å². The van der Waals surface area contributed by atoms with Crippen LogP contribution < -0.4 is 5.32 Å². The summed E-state index contributed by atoms with van der Waals surface area (Å²) in [5.41, 5.74) is -0.499. The van der Waals surface area contributed by atoms with Crippen molar-refractivity contribution in [1.29, 1.82) is 0 Å². The van der Waals surface area contributed by atoms with Gasteiger partial charge in [-0.3, -0.25) is 0 Å². The molecular formula is C11H13F2NO3. The molecule has 0 fully saturated rings. The van der Waals surface area contributed by atoms with Gasteiger partial charge in [-0.1, -0.05) is 0 Å². The molecule has 1 aromatic carbocycles. The lowest BCUT2D eigenvalue weighted by molar-refractivity contribution is 0.0594. The van der Waals surface area contributed by atoms with Crippen molar-refractivity contribution in [3.63, 3.8) is 0 Å². The first-order valence-electron chi connectivity index (χ1n) is 5.02. The van der Waals surface area contributed by atoms with Crippen LogP contribution in [0, 0.1) is 11.6 Å². The minimum atomic E-state index is -1.24. The molecule has 0 saturated carbocycles. The predicted octanol–water partition coefficient (Wildman–Crippen LogP) is 1.55. The van der Waals surface area contributed by atoms with Crippen molar-refractivity contribution in [2.45, 2.75) is 6.42 Å². The summed E-state index contributed by atoms with van der Waals surface area (Å²) in [5.74, 6) is -3.31. The van der Waals surface area contributed by atoms with E-state index in [1.165, 1.54) is 6.07 Å². The summed E-state index contributed by atoms with van der Waals surface area (Å²) in [5, 5.41) is 11.2. The van der Waals surface area contributed by atoms with E-state index in [1.54, 1.807) is 0 Å². The van der Waals surface area contributed by atoms with Crippen molar-refractivity contribution < 1.29 is 23.4 Å². The Kier molecular flexibility index (Phi) is 4.84. The quantitative estimate of drug-likeness (QED) is 0.610. The second-order valence-corrected chi connectivity index (χ2v) is 3.28. The molecule has 6 heteroatoms. The fourth-order valence-electron chi connectivity index (χ4n) is 1.26. The first-order chi connectivity index (χ1) is 8.11. The van der Waals surface area contributed by atoms with Crippen LogP contribution in [0.25, 0.3) is 0 Å². The molecule has 0 saturated heterocycles. The zero-order chi connectivity index (χ0) is 12.8. The van der Waals surface area contributed by atoms with Crippen molar-refractivity contribution in [3.05, 3.63) is 29.3 Å². The van der Waals surface area contributed by atoms with Crippen molar-refractivity contribution in [3.8, 4) is 0 Å². The maximum absolute atomic E-state index is 13.5. The third-order valence-corrected chi connectivity index (χ3v) is 2.14. The third kappa shape index (κ3) is 3.13. The first kappa shape index (κ1) is 13.4. The zero-order valence-corrected chi connectivity index (χ0v) is 9.30. The van der Waals surface area contributed by atoms with E-state index >= 15 is 0 Å². The van der Waals surface area contributed by atoms with Crippen LogP contribution in [0.5, 0.6) is 0 Å². The number of benzene rings is 1. The number of anilines is 1. The highest BCUT2D eigenvalue weighted by Crippen LogP contribution is 2.21. The Labute approximate surface area is 97.2 Å². The van der Waals surface area contributed by atoms with E-state index in [-0.39, 0.29) is 12.3 Å². The monoisotopic (exact) mass is 245 g/mol. The van der Waals surface area contributed by atoms with Gasteiger partial charge in [0.05, 0.1) is 18.4 Å². The van der Waals surface area contributed by atoms with Gasteiger partial charge >= 0.3 is 5.97 Å². The highest BCUT2D eigenvalue weighted by Gasteiger charge is 2.18. The van der Waals surface area contributed by atoms with Gasteiger partial charge in [-0.25, -0.2) is 13.6 Å². The van der Waals surface area contributed by atoms with E-state index in [0.29, 0.717) is 13.0 Å². The number of carbonyl (C=O) groups is 1. The van der Waals surface area contributed by atoms with Crippen molar-refractivity contribution in [1.82, 2.24) is 0 Å². The number of esters is 1. The second-order valence-electron chi connectivity index (χ2n) is 3.28. The molecule has 0 aliphatic carbocycles. The maximum atomic E-state index is 13.5. The van der Waals surface area contributed by atoms with E-state index in [4.69, 9.17) is 5.11 Å². The molecule has 0 amide bonds. The number of aliphatic hydroxyl groups excluding tert-OH is 1. The average molecular weight is 245 g/mol. The van der Waals surface area contributed by atoms with E-state index in [1.807, 2.05) is 0 Å². The molecule has 17 heavy (non-hydrogen) atoms. The molecule has 1 rings (SSSR count). The summed E-state index contributed by atoms with van der Waals surface area (Å²) in [6, 6.07) is 2.40. The van der Waals surface area contributed by atoms with Crippen LogP contribution in [0.3, 0.4) is 0 Å². The highest BCUT2D eigenvalue weighted by molar-refractivity contribution is 5.90. The van der Waals surface area contributed by atoms with Gasteiger partial charge in [-0.2, -0.15) is 0 Å². The van der Waals surface area contributed by atoms with Gasteiger partial charge in [-0.05, 0) is 18.6 Å². The molecule has 0 aromatic heterocycles. The summed E-state index contributed by atoms with van der Waals surface area (Å²) >= 11 is 0. The number of halogens is 2. The molecule has 2 N–H and O–H groups in total. The number of nitrogens with one attached hydrogen (secondary N) is 1. The molecule has 0 radical (unpaired) electrons. The SMILES string of the molecule is COC(=O)c1ccc(NCCCO)c(F)c1F. The fraction of sp³-hybridized carbons (Fsp3) is 0.364. The Morgan fingerprint density at radius 3 is 2.71 bits per heavy atom. The molecule has 0 atom stereocenters. The number of methoxy groups -OCH3 is 1. The number of rotatable bonds is 5. The lowest BCUT2D eigenvalue weighted by atomic mass is 10.2. The van der Waals surface area contributed by atoms with Crippen LogP contribution >= 0.6 is 0 Å². The summed E-state index contributed by atoms with van der Waals surface area (Å²) in [6.07, 6.45) is 0.416. The van der Waals surface area contributed by atoms with Crippen LogP contribution in [0.2, 0.25) is 0 Å². The summed E-state index contributed by atoms with van der Waals surface area (Å²) in [4.78, 5) is 11.1. The normalized spacial score (nSPS) is 10.1. The smallest absolute Gasteiger partial charge is 0.340 e. The molecule has 0 spiro atoms. The Bertz CT molecular complexity index is 410. The Hall–Kier alpha value is -1.69. The molecule has 1 aromatic rings. The zero-order valence-electron chi connectivity index (χ0n) is 9.30. The molecule has 0 aliphatic heterocycles. The Morgan fingerprint density at radius 1 is 1.41 bits per heavy atom. The van der Waals surface area contributed by atoms with Crippen LogP contribution in [0.4, 0.5) is 14.5 Å². The van der Waals surface area contributed by atoms with Crippen molar-refractivity contribution in [2.24, 2.45) is 0 Å². The maximum Gasteiger partial charge on any atom is 0.340 e. The average Bonchev–Trinajstić information content (AvgIpc) is 2.34. The topological polar surface area (TPSA) is 58.6 Å². The van der Waals surface area contributed by atoms with Crippen LogP contribution in [0.1, 0.15) is 16.8 Å². The summed E-state index contributed by atoms with van der Waals surface area (Å²) in [6.45, 7) is 0.266. The third-order valence-electron chi connectivity index (χ3n) is 2.14. The summed E-state index contributed by atoms with van der Waals surface area (Å²) in [7, 11) is 1.09. The molecule has 94 valence electrons. The van der Waals surface area contributed by atoms with Gasteiger partial charge in [0.1, 0.15) is 0 Å². The van der Waals surface area contributed by atoms with Crippen LogP contribution in [-0.2, 0) is 4.74 Å². The van der Waals surface area contributed by atoms with Crippen molar-refractivity contribution >= 4 is 11.7 Å². The largest absolute Gasteiger partial charge is 0.465 e. The van der Waals surface area contributed by atoms with Gasteiger partial charge in [-0.15, -0.1) is 0 Å². The molecule has 0 heterocycles. The highest BCUT2D eigenvalue weighted by atomic mass is 19.2. The number of carbonyl (C=O) groups excluding carboxylic acids is 1. The number of ether oxygens (including phenoxy) is 1. The lowest BCUT2D eigenvalue weighted by Crippen LogP contribution is -2.10.